The number of anilines is 1. The van der Waals surface area contributed by atoms with Crippen molar-refractivity contribution in [2.45, 2.75) is 18.4 Å². The Kier molecular flexibility index (Phi) is 3.17. The molecule has 0 amide bonds. The molecule has 0 saturated carbocycles. The lowest BCUT2D eigenvalue weighted by Gasteiger charge is -2.38. The number of fused-ring (bicyclic) bond motifs is 5. The van der Waals surface area contributed by atoms with Crippen molar-refractivity contribution in [1.29, 1.82) is 0 Å². The maximum Gasteiger partial charge on any atom is 0.0554 e. The van der Waals surface area contributed by atoms with Crippen LogP contribution in [0.4, 0.5) is 5.69 Å². The molecule has 0 fully saturated rings. The molecule has 2 aliphatic rings. The molecule has 1 N–H and O–H groups in total. The van der Waals surface area contributed by atoms with E-state index in [9.17, 15) is 0 Å². The fourth-order valence-corrected chi connectivity index (χ4v) is 4.57. The summed E-state index contributed by atoms with van der Waals surface area (Å²) < 4.78 is 0. The van der Waals surface area contributed by atoms with Gasteiger partial charge in [0, 0.05) is 22.0 Å². The summed E-state index contributed by atoms with van der Waals surface area (Å²) in [7, 11) is 0. The molecule has 118 valence electrons. The van der Waals surface area contributed by atoms with Crippen molar-refractivity contribution in [1.82, 2.24) is 0 Å². The highest BCUT2D eigenvalue weighted by Gasteiger charge is 2.38. The van der Waals surface area contributed by atoms with Gasteiger partial charge < -0.3 is 5.32 Å². The lowest BCUT2D eigenvalue weighted by atomic mass is 9.76. The number of benzene rings is 3. The summed E-state index contributed by atoms with van der Waals surface area (Å²) in [4.78, 5) is 0. The van der Waals surface area contributed by atoms with Gasteiger partial charge in [-0.25, -0.2) is 0 Å². The highest BCUT2D eigenvalue weighted by Crippen LogP contribution is 2.51. The van der Waals surface area contributed by atoms with E-state index in [0.717, 1.165) is 11.4 Å². The van der Waals surface area contributed by atoms with Gasteiger partial charge in [-0.3, -0.25) is 0 Å². The average molecular weight is 332 g/mol. The second-order valence-corrected chi connectivity index (χ2v) is 7.22. The molecule has 1 aliphatic heterocycles. The monoisotopic (exact) mass is 331 g/mol. The first-order valence-electron chi connectivity index (χ1n) is 8.51. The van der Waals surface area contributed by atoms with E-state index >= 15 is 0 Å². The molecule has 3 aromatic rings. The van der Waals surface area contributed by atoms with E-state index in [0.29, 0.717) is 17.9 Å². The van der Waals surface area contributed by atoms with Crippen molar-refractivity contribution in [3.05, 3.63) is 89.0 Å². The third kappa shape index (κ3) is 2.08. The van der Waals surface area contributed by atoms with Crippen molar-refractivity contribution in [3.63, 3.8) is 0 Å². The van der Waals surface area contributed by atoms with Crippen LogP contribution in [0, 0.1) is 5.92 Å². The molecular weight excluding hydrogens is 314 g/mol. The summed E-state index contributed by atoms with van der Waals surface area (Å²) in [5.41, 5.74) is 3.98. The van der Waals surface area contributed by atoms with Gasteiger partial charge in [-0.15, -0.1) is 0 Å². The lowest BCUT2D eigenvalue weighted by molar-refractivity contribution is 0.426. The number of rotatable bonds is 1. The lowest BCUT2D eigenvalue weighted by Crippen LogP contribution is -2.29. The van der Waals surface area contributed by atoms with E-state index in [2.05, 4.69) is 72.1 Å². The predicted octanol–water partition coefficient (Wildman–Crippen LogP) is 6.32. The van der Waals surface area contributed by atoms with Crippen LogP contribution >= 0.6 is 11.6 Å². The highest BCUT2D eigenvalue weighted by molar-refractivity contribution is 6.30. The molecule has 1 heterocycles. The van der Waals surface area contributed by atoms with Gasteiger partial charge in [0.1, 0.15) is 0 Å². The van der Waals surface area contributed by atoms with E-state index in [-0.39, 0.29) is 0 Å². The quantitative estimate of drug-likeness (QED) is 0.514. The Morgan fingerprint density at radius 3 is 2.79 bits per heavy atom. The van der Waals surface area contributed by atoms with Crippen LogP contribution in [0.5, 0.6) is 0 Å². The zero-order valence-corrected chi connectivity index (χ0v) is 14.0. The first-order valence-corrected chi connectivity index (χ1v) is 8.89. The first-order chi connectivity index (χ1) is 11.8. The van der Waals surface area contributed by atoms with Crippen LogP contribution < -0.4 is 5.32 Å². The van der Waals surface area contributed by atoms with Crippen molar-refractivity contribution >= 4 is 28.1 Å². The zero-order chi connectivity index (χ0) is 16.1. The minimum absolute atomic E-state index is 0.294. The normalized spacial score (nSPS) is 24.5. The Hall–Kier alpha value is -2.25. The molecule has 3 aromatic carbocycles. The molecule has 3 unspecified atom stereocenters. The van der Waals surface area contributed by atoms with Crippen molar-refractivity contribution in [3.8, 4) is 0 Å². The third-order valence-corrected chi connectivity index (χ3v) is 5.70. The third-order valence-electron chi connectivity index (χ3n) is 5.47. The van der Waals surface area contributed by atoms with E-state index in [4.69, 9.17) is 11.6 Å². The molecule has 0 spiro atoms. The fraction of sp³-hybridized carbons (Fsp3) is 0.182. The summed E-state index contributed by atoms with van der Waals surface area (Å²) in [6.07, 6.45) is 5.83. The number of hydrogen-bond donors (Lipinski definition) is 1. The summed E-state index contributed by atoms with van der Waals surface area (Å²) in [5, 5.41) is 7.25. The van der Waals surface area contributed by atoms with Crippen LogP contribution in [0.2, 0.25) is 5.02 Å². The van der Waals surface area contributed by atoms with E-state index in [1.54, 1.807) is 0 Å². The topological polar surface area (TPSA) is 12.0 Å². The second-order valence-electron chi connectivity index (χ2n) is 6.78. The molecule has 2 heteroatoms. The molecule has 3 atom stereocenters. The largest absolute Gasteiger partial charge is 0.377 e. The second kappa shape index (κ2) is 5.39. The van der Waals surface area contributed by atoms with Crippen LogP contribution in [0.15, 0.2) is 72.8 Å². The molecule has 24 heavy (non-hydrogen) atoms. The Morgan fingerprint density at radius 1 is 0.958 bits per heavy atom. The molecule has 1 nitrogen and oxygen atoms in total. The van der Waals surface area contributed by atoms with Crippen molar-refractivity contribution in [2.24, 2.45) is 5.92 Å². The Bertz CT molecular complexity index is 959. The summed E-state index contributed by atoms with van der Waals surface area (Å²) in [5.74, 6) is 1.03. The fourth-order valence-electron chi connectivity index (χ4n) is 4.37. The van der Waals surface area contributed by atoms with Gasteiger partial charge in [-0.2, -0.15) is 0 Å². The molecule has 0 bridgehead atoms. The molecule has 5 rings (SSSR count). The number of nitrogens with one attached hydrogen (secondary N) is 1. The van der Waals surface area contributed by atoms with Crippen molar-refractivity contribution in [2.75, 3.05) is 5.32 Å². The van der Waals surface area contributed by atoms with Gasteiger partial charge >= 0.3 is 0 Å². The van der Waals surface area contributed by atoms with Crippen LogP contribution in [-0.4, -0.2) is 0 Å². The maximum absolute atomic E-state index is 6.26. The standard InChI is InChI=1S/C22H18ClN/c23-16-7-3-6-15(13-16)21-19-10-4-9-18(19)20-12-11-14-5-1-2-8-17(14)22(20)24-21/h1-9,11-13,18-19,21,24H,10H2. The summed E-state index contributed by atoms with van der Waals surface area (Å²) >= 11 is 6.26. The first kappa shape index (κ1) is 14.1. The minimum atomic E-state index is 0.294. The van der Waals surface area contributed by atoms with Gasteiger partial charge in [-0.05, 0) is 41.0 Å². The van der Waals surface area contributed by atoms with Gasteiger partial charge in [-0.1, -0.05) is 72.3 Å². The van der Waals surface area contributed by atoms with E-state index in [1.165, 1.54) is 27.6 Å². The van der Waals surface area contributed by atoms with Crippen LogP contribution in [0.3, 0.4) is 0 Å². The van der Waals surface area contributed by atoms with Gasteiger partial charge in [0.15, 0.2) is 0 Å². The molecular formula is C22H18ClN. The Labute approximate surface area is 147 Å². The van der Waals surface area contributed by atoms with E-state index < -0.39 is 0 Å². The van der Waals surface area contributed by atoms with Crippen LogP contribution in [0.1, 0.15) is 29.5 Å². The predicted molar refractivity (Wildman–Crippen MR) is 102 cm³/mol. The highest BCUT2D eigenvalue weighted by atomic mass is 35.5. The van der Waals surface area contributed by atoms with Gasteiger partial charge in [0.05, 0.1) is 6.04 Å². The number of allylic oxidation sites excluding steroid dienone is 2. The average Bonchev–Trinajstić information content (AvgIpc) is 3.10. The maximum atomic E-state index is 6.26. The van der Waals surface area contributed by atoms with E-state index in [1.807, 2.05) is 6.07 Å². The molecule has 1 aliphatic carbocycles. The molecule has 0 aromatic heterocycles. The number of halogens is 1. The van der Waals surface area contributed by atoms with Crippen LogP contribution in [0.25, 0.3) is 10.8 Å². The summed E-state index contributed by atoms with van der Waals surface area (Å²) in [6.45, 7) is 0. The smallest absolute Gasteiger partial charge is 0.0554 e. The molecule has 0 saturated heterocycles. The minimum Gasteiger partial charge on any atom is -0.377 e. The zero-order valence-electron chi connectivity index (χ0n) is 13.2. The summed E-state index contributed by atoms with van der Waals surface area (Å²) in [6, 6.07) is 21.8. The number of hydrogen-bond acceptors (Lipinski definition) is 1. The van der Waals surface area contributed by atoms with Crippen LogP contribution in [-0.2, 0) is 0 Å². The van der Waals surface area contributed by atoms with Gasteiger partial charge in [0.25, 0.3) is 0 Å². The Morgan fingerprint density at radius 2 is 1.88 bits per heavy atom. The van der Waals surface area contributed by atoms with Crippen molar-refractivity contribution < 1.29 is 0 Å². The Balaban J connectivity index is 1.71. The molecule has 0 radical (unpaired) electrons. The SMILES string of the molecule is Clc1cccc(C2Nc3c(ccc4ccccc34)C3C=CCC32)c1. The van der Waals surface area contributed by atoms with Gasteiger partial charge in [0.2, 0.25) is 0 Å².